The minimum Gasteiger partial charge on any atom is -0.493 e. The predicted octanol–water partition coefficient (Wildman–Crippen LogP) is 4.14. The molecule has 1 N–H and O–H groups in total. The molecule has 2 aromatic heterocycles. The van der Waals surface area contributed by atoms with Gasteiger partial charge in [-0.15, -0.1) is 21.5 Å². The lowest BCUT2D eigenvalue weighted by atomic mass is 10.1. The van der Waals surface area contributed by atoms with Crippen molar-refractivity contribution < 1.29 is 23.8 Å². The molecule has 1 saturated heterocycles. The molecule has 3 heterocycles. The van der Waals surface area contributed by atoms with Gasteiger partial charge in [-0.05, 0) is 59.3 Å². The summed E-state index contributed by atoms with van der Waals surface area (Å²) in [5.74, 6) is 0.714. The van der Waals surface area contributed by atoms with Gasteiger partial charge in [0.25, 0.3) is 0 Å². The highest BCUT2D eigenvalue weighted by atomic mass is 35.5. The topological polar surface area (TPSA) is 121 Å². The molecule has 0 bridgehead atoms. The summed E-state index contributed by atoms with van der Waals surface area (Å²) in [7, 11) is 3.09. The molecule has 5 rings (SSSR count). The molecule has 2 atom stereocenters. The van der Waals surface area contributed by atoms with Crippen LogP contribution in [0.5, 0.6) is 11.5 Å². The lowest BCUT2D eigenvalue weighted by Gasteiger charge is -2.31. The van der Waals surface area contributed by atoms with Crippen molar-refractivity contribution in [2.45, 2.75) is 38.1 Å². The van der Waals surface area contributed by atoms with E-state index >= 15 is 0 Å². The van der Waals surface area contributed by atoms with Gasteiger partial charge in [-0.1, -0.05) is 35.9 Å². The summed E-state index contributed by atoms with van der Waals surface area (Å²) >= 11 is 7.90. The van der Waals surface area contributed by atoms with Crippen LogP contribution in [0.15, 0.2) is 60.0 Å². The third-order valence-corrected chi connectivity index (χ3v) is 8.18. The summed E-state index contributed by atoms with van der Waals surface area (Å²) in [6.07, 6.45) is 1.80. The van der Waals surface area contributed by atoms with Crippen molar-refractivity contribution in [3.05, 3.63) is 75.4 Å². The normalized spacial score (nSPS) is 15.3. The molecule has 13 heteroatoms. The van der Waals surface area contributed by atoms with Crippen LogP contribution in [0.25, 0.3) is 11.4 Å². The molecule has 1 aliphatic rings. The van der Waals surface area contributed by atoms with E-state index in [9.17, 15) is 9.59 Å². The van der Waals surface area contributed by atoms with Gasteiger partial charge in [0.15, 0.2) is 11.5 Å². The molecular formula is C29H31ClN6O5S. The first kappa shape index (κ1) is 29.5. The van der Waals surface area contributed by atoms with Crippen LogP contribution >= 0.6 is 22.9 Å². The van der Waals surface area contributed by atoms with Gasteiger partial charge in [0.05, 0.1) is 20.3 Å². The number of rotatable bonds is 12. The van der Waals surface area contributed by atoms with Gasteiger partial charge in [0.1, 0.15) is 12.6 Å². The molecule has 42 heavy (non-hydrogen) atoms. The Labute approximate surface area is 252 Å². The van der Waals surface area contributed by atoms with Crippen LogP contribution in [0.4, 0.5) is 0 Å². The van der Waals surface area contributed by atoms with Crippen LogP contribution in [0.1, 0.15) is 29.3 Å². The third kappa shape index (κ3) is 6.89. The number of tetrazole rings is 1. The molecule has 2 amide bonds. The number of thiophene rings is 1. The maximum absolute atomic E-state index is 14.0. The van der Waals surface area contributed by atoms with Crippen LogP contribution in [-0.4, -0.2) is 70.4 Å². The number of hydrogen-bond donors (Lipinski definition) is 1. The standard InChI is InChI=1S/C29H31ClN6O5S/c1-39-23-12-11-19(15-24(23)40-2)28-32-34-36(33-28)18-26(37)35(17-20-7-3-4-9-22(20)30)27(25-10-6-14-42-25)29(38)31-16-21-8-5-13-41-21/h3-4,6-7,9-12,14-15,21,27H,5,8,13,16-18H2,1-2H3,(H,31,38)/t21-,27+/m0/s1. The molecule has 1 fully saturated rings. The molecule has 4 aromatic rings. The van der Waals surface area contributed by atoms with Crippen LogP contribution in [0.3, 0.4) is 0 Å². The second kappa shape index (κ2) is 13.8. The highest BCUT2D eigenvalue weighted by Crippen LogP contribution is 2.32. The Kier molecular flexibility index (Phi) is 9.67. The largest absolute Gasteiger partial charge is 0.493 e. The number of halogens is 1. The van der Waals surface area contributed by atoms with E-state index in [2.05, 4.69) is 20.7 Å². The molecule has 11 nitrogen and oxygen atoms in total. The van der Waals surface area contributed by atoms with Crippen molar-refractivity contribution in [3.63, 3.8) is 0 Å². The van der Waals surface area contributed by atoms with Gasteiger partial charge >= 0.3 is 0 Å². The quantitative estimate of drug-likeness (QED) is 0.254. The fourth-order valence-corrected chi connectivity index (χ4v) is 5.76. The summed E-state index contributed by atoms with van der Waals surface area (Å²) in [5, 5.41) is 18.0. The fraction of sp³-hybridized carbons (Fsp3) is 0.345. The Morgan fingerprint density at radius 3 is 2.71 bits per heavy atom. The van der Waals surface area contributed by atoms with Crippen LogP contribution in [-0.2, 0) is 27.4 Å². The number of amides is 2. The van der Waals surface area contributed by atoms with Crippen molar-refractivity contribution in [2.24, 2.45) is 0 Å². The average Bonchev–Trinajstić information content (AvgIpc) is 3.80. The van der Waals surface area contributed by atoms with Crippen molar-refractivity contribution in [1.82, 2.24) is 30.4 Å². The first-order chi connectivity index (χ1) is 20.5. The second-order valence-electron chi connectivity index (χ2n) is 9.62. The average molecular weight is 611 g/mol. The zero-order valence-corrected chi connectivity index (χ0v) is 24.8. The molecule has 0 aliphatic carbocycles. The minimum atomic E-state index is -0.899. The van der Waals surface area contributed by atoms with E-state index in [1.807, 2.05) is 35.7 Å². The number of carbonyl (C=O) groups is 2. The van der Waals surface area contributed by atoms with E-state index in [1.54, 1.807) is 38.5 Å². The molecule has 0 saturated carbocycles. The van der Waals surface area contributed by atoms with E-state index in [0.717, 1.165) is 17.7 Å². The van der Waals surface area contributed by atoms with Gasteiger partial charge in [0.2, 0.25) is 17.6 Å². The highest BCUT2D eigenvalue weighted by molar-refractivity contribution is 7.10. The maximum Gasteiger partial charge on any atom is 0.248 e. The lowest BCUT2D eigenvalue weighted by molar-refractivity contribution is -0.142. The summed E-state index contributed by atoms with van der Waals surface area (Å²) in [6, 6.07) is 15.3. The number of benzene rings is 2. The van der Waals surface area contributed by atoms with Gasteiger partial charge in [-0.3, -0.25) is 9.59 Å². The van der Waals surface area contributed by atoms with E-state index in [-0.39, 0.29) is 31.0 Å². The number of methoxy groups -OCH3 is 2. The van der Waals surface area contributed by atoms with Crippen LogP contribution < -0.4 is 14.8 Å². The van der Waals surface area contributed by atoms with Crippen molar-refractivity contribution in [3.8, 4) is 22.9 Å². The first-order valence-electron chi connectivity index (χ1n) is 13.4. The predicted molar refractivity (Wildman–Crippen MR) is 157 cm³/mol. The minimum absolute atomic E-state index is 0.0417. The molecular weight excluding hydrogens is 580 g/mol. The maximum atomic E-state index is 14.0. The Morgan fingerprint density at radius 2 is 2.00 bits per heavy atom. The Hall–Kier alpha value is -4.00. The van der Waals surface area contributed by atoms with Gasteiger partial charge in [-0.2, -0.15) is 4.80 Å². The molecule has 2 aromatic carbocycles. The molecule has 0 radical (unpaired) electrons. The lowest BCUT2D eigenvalue weighted by Crippen LogP contribution is -2.45. The van der Waals surface area contributed by atoms with Gasteiger partial charge in [-0.25, -0.2) is 0 Å². The highest BCUT2D eigenvalue weighted by Gasteiger charge is 2.34. The third-order valence-electron chi connectivity index (χ3n) is 6.89. The monoisotopic (exact) mass is 610 g/mol. The molecule has 0 spiro atoms. The summed E-state index contributed by atoms with van der Waals surface area (Å²) in [5.41, 5.74) is 1.35. The van der Waals surface area contributed by atoms with Crippen molar-refractivity contribution in [2.75, 3.05) is 27.4 Å². The number of nitrogens with one attached hydrogen (secondary N) is 1. The van der Waals surface area contributed by atoms with Crippen LogP contribution in [0.2, 0.25) is 5.02 Å². The van der Waals surface area contributed by atoms with E-state index in [0.29, 0.717) is 46.6 Å². The SMILES string of the molecule is COc1ccc(-c2nnn(CC(=O)N(Cc3ccccc3Cl)[C@@H](C(=O)NC[C@@H]3CCCO3)c3cccs3)n2)cc1OC. The Bertz CT molecular complexity index is 1510. The molecule has 220 valence electrons. The number of aromatic nitrogens is 4. The van der Waals surface area contributed by atoms with E-state index in [1.165, 1.54) is 21.0 Å². The summed E-state index contributed by atoms with van der Waals surface area (Å²) in [6.45, 7) is 0.910. The summed E-state index contributed by atoms with van der Waals surface area (Å²) in [4.78, 5) is 31.1. The Morgan fingerprint density at radius 1 is 1.17 bits per heavy atom. The second-order valence-corrected chi connectivity index (χ2v) is 11.0. The number of nitrogens with zero attached hydrogens (tertiary/aromatic N) is 5. The van der Waals surface area contributed by atoms with Gasteiger partial charge < -0.3 is 24.4 Å². The molecule has 0 unspecified atom stereocenters. The van der Waals surface area contributed by atoms with Crippen LogP contribution in [0, 0.1) is 0 Å². The van der Waals surface area contributed by atoms with Crippen molar-refractivity contribution >= 4 is 34.8 Å². The summed E-state index contributed by atoms with van der Waals surface area (Å²) < 4.78 is 16.4. The fourth-order valence-electron chi connectivity index (χ4n) is 4.73. The number of hydrogen-bond acceptors (Lipinski definition) is 9. The zero-order chi connectivity index (χ0) is 29.5. The van der Waals surface area contributed by atoms with E-state index in [4.69, 9.17) is 25.8 Å². The zero-order valence-electron chi connectivity index (χ0n) is 23.2. The number of carbonyl (C=O) groups excluding carboxylic acids is 2. The molecule has 1 aliphatic heterocycles. The first-order valence-corrected chi connectivity index (χ1v) is 14.7. The van der Waals surface area contributed by atoms with E-state index < -0.39 is 6.04 Å². The number of ether oxygens (including phenoxy) is 3. The Balaban J connectivity index is 1.42. The van der Waals surface area contributed by atoms with Crippen molar-refractivity contribution in [1.29, 1.82) is 0 Å². The van der Waals surface area contributed by atoms with Gasteiger partial charge in [0, 0.05) is 35.2 Å². The smallest absolute Gasteiger partial charge is 0.248 e.